The number of rotatable bonds is 8. The summed E-state index contributed by atoms with van der Waals surface area (Å²) in [6.45, 7) is 0.188. The van der Waals surface area contributed by atoms with Crippen LogP contribution in [0.3, 0.4) is 0 Å². The van der Waals surface area contributed by atoms with Crippen molar-refractivity contribution in [2.45, 2.75) is 6.54 Å². The highest BCUT2D eigenvalue weighted by molar-refractivity contribution is 6.31. The molecule has 5 rings (SSSR count). The molecule has 0 spiro atoms. The number of fused-ring (bicyclic) bond motifs is 1. The number of carboxylic acids is 1. The summed E-state index contributed by atoms with van der Waals surface area (Å²) in [5.41, 5.74) is 1.23. The van der Waals surface area contributed by atoms with Crippen molar-refractivity contribution in [2.75, 3.05) is 11.9 Å². The van der Waals surface area contributed by atoms with Gasteiger partial charge in [0.15, 0.2) is 0 Å². The lowest BCUT2D eigenvalue weighted by Gasteiger charge is -2.16. The number of benzene rings is 3. The molecule has 0 radical (unpaired) electrons. The lowest BCUT2D eigenvalue weighted by Crippen LogP contribution is -2.28. The molecule has 9 nitrogen and oxygen atoms in total. The zero-order valence-corrected chi connectivity index (χ0v) is 20.6. The van der Waals surface area contributed by atoms with Crippen LogP contribution in [0.15, 0.2) is 94.6 Å². The fraction of sp³-hybridized carbons (Fsp3) is 0.0714. The Morgan fingerprint density at radius 3 is 2.63 bits per heavy atom. The van der Waals surface area contributed by atoms with Crippen LogP contribution in [-0.4, -0.2) is 32.2 Å². The Kier molecular flexibility index (Phi) is 6.92. The maximum absolute atomic E-state index is 13.4. The largest absolute Gasteiger partial charge is 0.491 e. The van der Waals surface area contributed by atoms with Crippen LogP contribution in [0.1, 0.15) is 10.4 Å². The Morgan fingerprint density at radius 2 is 1.84 bits per heavy atom. The van der Waals surface area contributed by atoms with E-state index >= 15 is 0 Å². The van der Waals surface area contributed by atoms with E-state index in [1.807, 2.05) is 30.3 Å². The van der Waals surface area contributed by atoms with Crippen LogP contribution < -0.4 is 21.2 Å². The third-order valence-corrected chi connectivity index (χ3v) is 6.08. The van der Waals surface area contributed by atoms with Crippen LogP contribution in [0, 0.1) is 0 Å². The first-order valence-corrected chi connectivity index (χ1v) is 12.0. The monoisotopic (exact) mass is 528 g/mol. The summed E-state index contributed by atoms with van der Waals surface area (Å²) in [7, 11) is 0. The van der Waals surface area contributed by atoms with Crippen molar-refractivity contribution in [1.29, 1.82) is 0 Å². The van der Waals surface area contributed by atoms with Crippen LogP contribution in [0.5, 0.6) is 5.75 Å². The van der Waals surface area contributed by atoms with Crippen molar-refractivity contribution >= 4 is 40.1 Å². The smallest absolute Gasteiger partial charge is 0.335 e. The molecule has 0 aliphatic carbocycles. The number of carboxylic acid groups (broad SMARTS) is 1. The topological polar surface area (TPSA) is 126 Å². The maximum Gasteiger partial charge on any atom is 0.335 e. The van der Waals surface area contributed by atoms with Gasteiger partial charge in [-0.05, 0) is 54.1 Å². The summed E-state index contributed by atoms with van der Waals surface area (Å²) in [6, 6.07) is 22.2. The fourth-order valence-corrected chi connectivity index (χ4v) is 4.21. The van der Waals surface area contributed by atoms with E-state index in [2.05, 4.69) is 15.3 Å². The van der Waals surface area contributed by atoms with Crippen molar-refractivity contribution in [2.24, 2.45) is 0 Å². The summed E-state index contributed by atoms with van der Waals surface area (Å²) in [5, 5.41) is 13.1. The van der Waals surface area contributed by atoms with E-state index in [4.69, 9.17) is 16.3 Å². The number of para-hydroxylation sites is 1. The number of aromatic amines is 1. The first-order valence-electron chi connectivity index (χ1n) is 11.6. The van der Waals surface area contributed by atoms with E-state index in [0.717, 1.165) is 0 Å². The zero-order valence-electron chi connectivity index (χ0n) is 19.8. The molecule has 10 heteroatoms. The standard InChI is InChI=1S/C28H21ClN4O5/c29-19-9-10-23(22(16-19)17-5-4-6-18(15-17)27(36)37)38-14-13-33-26(35)21-11-12-30-25(34)24(21)32-28(33)31-20-7-2-1-3-8-20/h1-12,15-16H,13-14H2,(H,30,34)(H,31,32)(H,36,37). The van der Waals surface area contributed by atoms with Gasteiger partial charge >= 0.3 is 5.97 Å². The molecule has 5 aromatic rings. The number of halogens is 1. The van der Waals surface area contributed by atoms with E-state index in [9.17, 15) is 19.5 Å². The van der Waals surface area contributed by atoms with Crippen LogP contribution in [0.2, 0.25) is 5.02 Å². The minimum absolute atomic E-state index is 0.0337. The fourth-order valence-electron chi connectivity index (χ4n) is 4.04. The van der Waals surface area contributed by atoms with Gasteiger partial charge in [0, 0.05) is 22.5 Å². The van der Waals surface area contributed by atoms with Crippen molar-refractivity contribution in [3.8, 4) is 16.9 Å². The molecule has 0 saturated heterocycles. The number of aromatic carboxylic acids is 1. The van der Waals surface area contributed by atoms with Crippen LogP contribution in [0.4, 0.5) is 11.6 Å². The number of anilines is 2. The first-order chi connectivity index (χ1) is 18.4. The molecule has 3 N–H and O–H groups in total. The normalized spacial score (nSPS) is 10.9. The van der Waals surface area contributed by atoms with Crippen LogP contribution in [-0.2, 0) is 6.54 Å². The minimum atomic E-state index is -1.04. The molecule has 0 amide bonds. The van der Waals surface area contributed by atoms with Gasteiger partial charge in [-0.15, -0.1) is 0 Å². The van der Waals surface area contributed by atoms with Gasteiger partial charge < -0.3 is 20.1 Å². The molecule has 0 fully saturated rings. The molecule has 0 atom stereocenters. The third-order valence-electron chi connectivity index (χ3n) is 5.85. The molecule has 2 aromatic heterocycles. The lowest BCUT2D eigenvalue weighted by molar-refractivity contribution is 0.0697. The van der Waals surface area contributed by atoms with Crippen molar-refractivity contribution < 1.29 is 14.6 Å². The molecule has 0 aliphatic rings. The van der Waals surface area contributed by atoms with E-state index in [0.29, 0.717) is 27.6 Å². The number of H-pyrrole nitrogens is 1. The molecule has 0 aliphatic heterocycles. The van der Waals surface area contributed by atoms with E-state index < -0.39 is 17.1 Å². The van der Waals surface area contributed by atoms with Crippen molar-refractivity contribution in [1.82, 2.24) is 14.5 Å². The van der Waals surface area contributed by atoms with Crippen molar-refractivity contribution in [3.05, 3.63) is 116 Å². The predicted octanol–water partition coefficient (Wildman–Crippen LogP) is 4.93. The second-order valence-electron chi connectivity index (χ2n) is 8.33. The molecule has 38 heavy (non-hydrogen) atoms. The van der Waals surface area contributed by atoms with Crippen LogP contribution in [0.25, 0.3) is 22.0 Å². The van der Waals surface area contributed by atoms with E-state index in [-0.39, 0.29) is 35.6 Å². The van der Waals surface area contributed by atoms with Gasteiger partial charge in [-0.3, -0.25) is 14.2 Å². The first kappa shape index (κ1) is 24.8. The van der Waals surface area contributed by atoms with Gasteiger partial charge in [0.1, 0.15) is 17.9 Å². The Labute approximate surface area is 220 Å². The van der Waals surface area contributed by atoms with Gasteiger partial charge in [0.2, 0.25) is 5.95 Å². The Hall–Kier alpha value is -4.89. The average Bonchev–Trinajstić information content (AvgIpc) is 2.92. The van der Waals surface area contributed by atoms with E-state index in [1.165, 1.54) is 29.0 Å². The van der Waals surface area contributed by atoms with Gasteiger partial charge in [0.25, 0.3) is 11.1 Å². The Morgan fingerprint density at radius 1 is 1.03 bits per heavy atom. The van der Waals surface area contributed by atoms with Gasteiger partial charge in [-0.25, -0.2) is 9.78 Å². The molecule has 3 aromatic carbocycles. The highest BCUT2D eigenvalue weighted by atomic mass is 35.5. The summed E-state index contributed by atoms with van der Waals surface area (Å²) < 4.78 is 7.47. The summed E-state index contributed by atoms with van der Waals surface area (Å²) in [5.74, 6) is -0.385. The number of pyridine rings is 1. The summed E-state index contributed by atoms with van der Waals surface area (Å²) in [6.07, 6.45) is 1.41. The molecule has 2 heterocycles. The number of aromatic nitrogens is 3. The number of carbonyl (C=O) groups is 1. The molecular weight excluding hydrogens is 508 g/mol. The van der Waals surface area contributed by atoms with E-state index in [1.54, 1.807) is 30.3 Å². The quantitative estimate of drug-likeness (QED) is 0.261. The van der Waals surface area contributed by atoms with Crippen molar-refractivity contribution in [3.63, 3.8) is 0 Å². The average molecular weight is 529 g/mol. The van der Waals surface area contributed by atoms with Gasteiger partial charge in [-0.2, -0.15) is 0 Å². The second-order valence-corrected chi connectivity index (χ2v) is 8.76. The Bertz CT molecular complexity index is 1770. The highest BCUT2D eigenvalue weighted by Crippen LogP contribution is 2.33. The number of nitrogens with one attached hydrogen (secondary N) is 2. The highest BCUT2D eigenvalue weighted by Gasteiger charge is 2.15. The minimum Gasteiger partial charge on any atom is -0.491 e. The molecule has 0 unspecified atom stereocenters. The third kappa shape index (κ3) is 5.14. The molecule has 190 valence electrons. The number of ether oxygens (including phenoxy) is 1. The second kappa shape index (κ2) is 10.6. The number of nitrogens with zero attached hydrogens (tertiary/aromatic N) is 2. The van der Waals surface area contributed by atoms with Gasteiger partial charge in [0.05, 0.1) is 17.5 Å². The summed E-state index contributed by atoms with van der Waals surface area (Å²) in [4.78, 5) is 44.2. The SMILES string of the molecule is O=C(O)c1cccc(-c2cc(Cl)ccc2OCCn2c(Nc3ccccc3)nc3c(=O)[nH]ccc3c2=O)c1. The number of hydrogen-bond acceptors (Lipinski definition) is 6. The maximum atomic E-state index is 13.4. The molecule has 0 saturated carbocycles. The van der Waals surface area contributed by atoms with Crippen LogP contribution >= 0.6 is 11.6 Å². The number of hydrogen-bond donors (Lipinski definition) is 3. The lowest BCUT2D eigenvalue weighted by atomic mass is 10.0. The molecule has 0 bridgehead atoms. The Balaban J connectivity index is 1.48. The van der Waals surface area contributed by atoms with Gasteiger partial charge in [-0.1, -0.05) is 41.9 Å². The zero-order chi connectivity index (χ0) is 26.6. The summed E-state index contributed by atoms with van der Waals surface area (Å²) >= 11 is 6.22. The molecular formula is C28H21ClN4O5. The predicted molar refractivity (Wildman–Crippen MR) is 146 cm³/mol.